The molecular formula is C20H23FN2O5. The Morgan fingerprint density at radius 1 is 1.25 bits per heavy atom. The lowest BCUT2D eigenvalue weighted by molar-refractivity contribution is 0.0940. The van der Waals surface area contributed by atoms with Gasteiger partial charge in [-0.15, -0.1) is 0 Å². The van der Waals surface area contributed by atoms with Crippen LogP contribution in [0.4, 0.5) is 4.39 Å². The highest BCUT2D eigenvalue weighted by molar-refractivity contribution is 5.98. The highest BCUT2D eigenvalue weighted by Gasteiger charge is 2.24. The molecule has 0 radical (unpaired) electrons. The van der Waals surface area contributed by atoms with Gasteiger partial charge in [-0.2, -0.15) is 0 Å². The third-order valence-electron chi connectivity index (χ3n) is 4.46. The van der Waals surface area contributed by atoms with Gasteiger partial charge in [-0.1, -0.05) is 12.1 Å². The van der Waals surface area contributed by atoms with E-state index in [9.17, 15) is 14.0 Å². The number of benzene rings is 1. The van der Waals surface area contributed by atoms with Gasteiger partial charge in [0.05, 0.1) is 19.8 Å². The molecule has 0 atom stereocenters. The molecule has 1 aromatic heterocycles. The predicted octanol–water partition coefficient (Wildman–Crippen LogP) is 1.52. The Kier molecular flexibility index (Phi) is 6.78. The Morgan fingerprint density at radius 2 is 2.04 bits per heavy atom. The van der Waals surface area contributed by atoms with Crippen molar-refractivity contribution >= 4 is 5.91 Å². The minimum absolute atomic E-state index is 0.216. The van der Waals surface area contributed by atoms with Crippen molar-refractivity contribution in [2.45, 2.75) is 19.5 Å². The Hall–Kier alpha value is -2.71. The van der Waals surface area contributed by atoms with Gasteiger partial charge < -0.3 is 24.1 Å². The molecule has 7 nitrogen and oxygen atoms in total. The van der Waals surface area contributed by atoms with Gasteiger partial charge in [-0.3, -0.25) is 9.59 Å². The lowest BCUT2D eigenvalue weighted by Crippen LogP contribution is -2.31. The van der Waals surface area contributed by atoms with Crippen LogP contribution in [-0.4, -0.2) is 44.0 Å². The van der Waals surface area contributed by atoms with Crippen molar-refractivity contribution in [1.29, 1.82) is 0 Å². The zero-order valence-corrected chi connectivity index (χ0v) is 15.7. The minimum Gasteiger partial charge on any atom is -0.490 e. The number of carbonyl (C=O) groups is 1. The average Bonchev–Trinajstić information content (AvgIpc) is 2.94. The SMILES string of the molecule is COCCOc1cc(=O)n2c(c1C(=O)NCc1ccc(F)cc1)CCOCC2. The van der Waals surface area contributed by atoms with Crippen molar-refractivity contribution in [2.24, 2.45) is 0 Å². The Balaban J connectivity index is 1.89. The maximum Gasteiger partial charge on any atom is 0.257 e. The summed E-state index contributed by atoms with van der Waals surface area (Å²) in [5, 5.41) is 2.83. The summed E-state index contributed by atoms with van der Waals surface area (Å²) in [5.74, 6) is -0.467. The maximum atomic E-state index is 13.1. The second kappa shape index (κ2) is 9.48. The first kappa shape index (κ1) is 20.0. The molecule has 0 aliphatic carbocycles. The molecule has 2 heterocycles. The van der Waals surface area contributed by atoms with Gasteiger partial charge in [-0.05, 0) is 17.7 Å². The summed E-state index contributed by atoms with van der Waals surface area (Å²) in [6.45, 7) is 1.98. The number of fused-ring (bicyclic) bond motifs is 1. The number of nitrogens with one attached hydrogen (secondary N) is 1. The molecule has 8 heteroatoms. The fourth-order valence-electron chi connectivity index (χ4n) is 3.07. The molecule has 1 aliphatic heterocycles. The number of ether oxygens (including phenoxy) is 3. The van der Waals surface area contributed by atoms with E-state index in [0.717, 1.165) is 5.56 Å². The second-order valence-corrected chi connectivity index (χ2v) is 6.33. The summed E-state index contributed by atoms with van der Waals surface area (Å²) in [6.07, 6.45) is 0.427. The van der Waals surface area contributed by atoms with Crippen LogP contribution in [-0.2, 0) is 29.0 Å². The lowest BCUT2D eigenvalue weighted by atomic mass is 10.1. The van der Waals surface area contributed by atoms with Gasteiger partial charge in [0, 0.05) is 38.4 Å². The summed E-state index contributed by atoms with van der Waals surface area (Å²) in [5.41, 5.74) is 1.44. The van der Waals surface area contributed by atoms with Crippen LogP contribution in [0.5, 0.6) is 5.75 Å². The van der Waals surface area contributed by atoms with Crippen LogP contribution < -0.4 is 15.6 Å². The topological polar surface area (TPSA) is 78.8 Å². The predicted molar refractivity (Wildman–Crippen MR) is 100 cm³/mol. The molecule has 1 N–H and O–H groups in total. The van der Waals surface area contributed by atoms with E-state index < -0.39 is 0 Å². The van der Waals surface area contributed by atoms with Gasteiger partial charge in [0.2, 0.25) is 0 Å². The molecule has 28 heavy (non-hydrogen) atoms. The fraction of sp³-hybridized carbons (Fsp3) is 0.400. The van der Waals surface area contributed by atoms with E-state index in [4.69, 9.17) is 14.2 Å². The summed E-state index contributed by atoms with van der Waals surface area (Å²) >= 11 is 0. The Labute approximate surface area is 162 Å². The summed E-state index contributed by atoms with van der Waals surface area (Å²) in [7, 11) is 1.54. The van der Waals surface area contributed by atoms with E-state index in [1.165, 1.54) is 18.2 Å². The molecule has 0 unspecified atom stereocenters. The number of aromatic nitrogens is 1. The molecule has 1 aromatic carbocycles. The fourth-order valence-corrected chi connectivity index (χ4v) is 3.07. The first-order chi connectivity index (χ1) is 13.6. The minimum atomic E-state index is -0.359. The van der Waals surface area contributed by atoms with Gasteiger partial charge in [0.1, 0.15) is 23.7 Å². The number of pyridine rings is 1. The Morgan fingerprint density at radius 3 is 2.79 bits per heavy atom. The van der Waals surface area contributed by atoms with E-state index in [0.29, 0.717) is 44.0 Å². The monoisotopic (exact) mass is 390 g/mol. The van der Waals surface area contributed by atoms with Crippen LogP contribution in [0.15, 0.2) is 35.1 Å². The zero-order chi connectivity index (χ0) is 19.9. The van der Waals surface area contributed by atoms with Crippen LogP contribution in [0.3, 0.4) is 0 Å². The van der Waals surface area contributed by atoms with Crippen LogP contribution in [0, 0.1) is 5.82 Å². The van der Waals surface area contributed by atoms with E-state index in [1.807, 2.05) is 0 Å². The first-order valence-corrected chi connectivity index (χ1v) is 9.09. The zero-order valence-electron chi connectivity index (χ0n) is 15.7. The van der Waals surface area contributed by atoms with Crippen molar-refractivity contribution in [1.82, 2.24) is 9.88 Å². The molecule has 1 aliphatic rings. The van der Waals surface area contributed by atoms with Crippen LogP contribution in [0.1, 0.15) is 21.6 Å². The van der Waals surface area contributed by atoms with Crippen LogP contribution in [0.25, 0.3) is 0 Å². The lowest BCUT2D eigenvalue weighted by Gasteiger charge is -2.18. The molecule has 0 fully saturated rings. The van der Waals surface area contributed by atoms with Gasteiger partial charge in [-0.25, -0.2) is 4.39 Å². The highest BCUT2D eigenvalue weighted by atomic mass is 19.1. The molecule has 1 amide bonds. The normalized spacial score (nSPS) is 13.5. The van der Waals surface area contributed by atoms with Gasteiger partial charge >= 0.3 is 0 Å². The molecular weight excluding hydrogens is 367 g/mol. The standard InChI is InChI=1S/C20H23FN2O5/c1-26-10-11-28-17-12-18(24)23-7-9-27-8-6-16(23)19(17)20(25)22-13-14-2-4-15(21)5-3-14/h2-5,12H,6-11,13H2,1H3,(H,22,25). The van der Waals surface area contributed by atoms with Crippen molar-refractivity contribution in [2.75, 3.05) is 33.5 Å². The van der Waals surface area contributed by atoms with Crippen LogP contribution in [0.2, 0.25) is 0 Å². The number of methoxy groups -OCH3 is 1. The number of amides is 1. The second-order valence-electron chi connectivity index (χ2n) is 6.33. The van der Waals surface area contributed by atoms with Crippen LogP contribution >= 0.6 is 0 Å². The number of rotatable bonds is 7. The third-order valence-corrected chi connectivity index (χ3v) is 4.46. The molecule has 0 bridgehead atoms. The average molecular weight is 390 g/mol. The summed E-state index contributed by atoms with van der Waals surface area (Å²) in [6, 6.07) is 7.22. The first-order valence-electron chi connectivity index (χ1n) is 9.09. The van der Waals surface area contributed by atoms with E-state index in [-0.39, 0.29) is 36.2 Å². The molecule has 3 rings (SSSR count). The molecule has 0 saturated carbocycles. The van der Waals surface area contributed by atoms with Gasteiger partial charge in [0.15, 0.2) is 0 Å². The maximum absolute atomic E-state index is 13.1. The van der Waals surface area contributed by atoms with Gasteiger partial charge in [0.25, 0.3) is 11.5 Å². The Bertz CT molecular complexity index is 879. The van der Waals surface area contributed by atoms with E-state index in [1.54, 1.807) is 23.8 Å². The van der Waals surface area contributed by atoms with E-state index in [2.05, 4.69) is 5.32 Å². The van der Waals surface area contributed by atoms with Crippen molar-refractivity contribution in [3.8, 4) is 5.75 Å². The highest BCUT2D eigenvalue weighted by Crippen LogP contribution is 2.23. The molecule has 0 saturated heterocycles. The van der Waals surface area contributed by atoms with Crippen molar-refractivity contribution < 1.29 is 23.4 Å². The molecule has 150 valence electrons. The number of nitrogens with zero attached hydrogens (tertiary/aromatic N) is 1. The number of hydrogen-bond acceptors (Lipinski definition) is 5. The summed E-state index contributed by atoms with van der Waals surface area (Å²) in [4.78, 5) is 25.5. The number of carbonyl (C=O) groups excluding carboxylic acids is 1. The summed E-state index contributed by atoms with van der Waals surface area (Å²) < 4.78 is 30.7. The largest absolute Gasteiger partial charge is 0.490 e. The van der Waals surface area contributed by atoms with Crippen molar-refractivity contribution in [3.05, 3.63) is 63.3 Å². The quantitative estimate of drug-likeness (QED) is 0.725. The molecule has 2 aromatic rings. The van der Waals surface area contributed by atoms with Crippen molar-refractivity contribution in [3.63, 3.8) is 0 Å². The number of halogens is 1. The number of hydrogen-bond donors (Lipinski definition) is 1. The van der Waals surface area contributed by atoms with E-state index >= 15 is 0 Å². The third kappa shape index (κ3) is 4.76. The molecule has 0 spiro atoms. The smallest absolute Gasteiger partial charge is 0.257 e.